The van der Waals surface area contributed by atoms with E-state index < -0.39 is 0 Å². The number of aromatic nitrogens is 2. The third kappa shape index (κ3) is 5.48. The van der Waals surface area contributed by atoms with Gasteiger partial charge < -0.3 is 5.32 Å². The van der Waals surface area contributed by atoms with Crippen LogP contribution in [-0.4, -0.2) is 22.2 Å². The minimum Gasteiger partial charge on any atom is -0.354 e. The van der Waals surface area contributed by atoms with Gasteiger partial charge in [0.15, 0.2) is 0 Å². The first kappa shape index (κ1) is 13.5. The van der Waals surface area contributed by atoms with Crippen molar-refractivity contribution in [2.45, 2.75) is 33.7 Å². The van der Waals surface area contributed by atoms with Crippen molar-refractivity contribution in [3.63, 3.8) is 0 Å². The molecular formula is C11H18IN3O. The Bertz CT molecular complexity index is 354. The SMILES string of the molecule is CC(C)(C)CCNC(=O)Cn1cc(I)cn1. The number of nitrogens with one attached hydrogen (secondary N) is 1. The Balaban J connectivity index is 2.26. The molecule has 1 aromatic heterocycles. The first-order valence-electron chi connectivity index (χ1n) is 5.31. The van der Waals surface area contributed by atoms with Gasteiger partial charge in [0, 0.05) is 12.7 Å². The molecule has 0 bridgehead atoms. The molecule has 0 aliphatic rings. The van der Waals surface area contributed by atoms with Crippen LogP contribution in [-0.2, 0) is 11.3 Å². The molecule has 0 radical (unpaired) electrons. The van der Waals surface area contributed by atoms with E-state index in [1.807, 2.05) is 6.20 Å². The molecule has 0 saturated heterocycles. The highest BCUT2D eigenvalue weighted by atomic mass is 127. The summed E-state index contributed by atoms with van der Waals surface area (Å²) in [5.74, 6) is 0.0174. The molecule has 0 fully saturated rings. The van der Waals surface area contributed by atoms with Crippen molar-refractivity contribution in [3.05, 3.63) is 16.0 Å². The summed E-state index contributed by atoms with van der Waals surface area (Å²) in [6.07, 6.45) is 4.57. The second-order valence-corrected chi connectivity index (χ2v) is 6.26. The molecule has 1 amide bonds. The van der Waals surface area contributed by atoms with Crippen LogP contribution in [0.2, 0.25) is 0 Å². The van der Waals surface area contributed by atoms with Gasteiger partial charge in [-0.2, -0.15) is 5.10 Å². The van der Waals surface area contributed by atoms with Crippen LogP contribution in [0.3, 0.4) is 0 Å². The minimum atomic E-state index is 0.0174. The van der Waals surface area contributed by atoms with E-state index in [9.17, 15) is 4.79 Å². The van der Waals surface area contributed by atoms with Gasteiger partial charge in [-0.25, -0.2) is 0 Å². The molecule has 4 nitrogen and oxygen atoms in total. The maximum absolute atomic E-state index is 11.5. The molecule has 1 heterocycles. The normalized spacial score (nSPS) is 11.5. The van der Waals surface area contributed by atoms with E-state index in [4.69, 9.17) is 0 Å². The van der Waals surface area contributed by atoms with Gasteiger partial charge in [-0.15, -0.1) is 0 Å². The largest absolute Gasteiger partial charge is 0.354 e. The second-order valence-electron chi connectivity index (χ2n) is 5.02. The van der Waals surface area contributed by atoms with Gasteiger partial charge in [0.25, 0.3) is 0 Å². The molecule has 0 spiro atoms. The molecule has 0 atom stereocenters. The molecule has 0 aliphatic carbocycles. The summed E-state index contributed by atoms with van der Waals surface area (Å²) in [4.78, 5) is 11.5. The van der Waals surface area contributed by atoms with Crippen LogP contribution in [0.1, 0.15) is 27.2 Å². The van der Waals surface area contributed by atoms with Crippen molar-refractivity contribution >= 4 is 28.5 Å². The van der Waals surface area contributed by atoms with Crippen molar-refractivity contribution in [1.82, 2.24) is 15.1 Å². The second kappa shape index (κ2) is 5.65. The topological polar surface area (TPSA) is 46.9 Å². The quantitative estimate of drug-likeness (QED) is 0.856. The third-order valence-corrected chi connectivity index (χ3v) is 2.66. The van der Waals surface area contributed by atoms with Crippen LogP contribution in [0.4, 0.5) is 0 Å². The van der Waals surface area contributed by atoms with Crippen LogP contribution in [0.15, 0.2) is 12.4 Å². The average Bonchev–Trinajstić information content (AvgIpc) is 2.48. The number of rotatable bonds is 4. The van der Waals surface area contributed by atoms with E-state index >= 15 is 0 Å². The Morgan fingerprint density at radius 3 is 2.75 bits per heavy atom. The maximum Gasteiger partial charge on any atom is 0.241 e. The number of hydrogen-bond acceptors (Lipinski definition) is 2. The van der Waals surface area contributed by atoms with Gasteiger partial charge in [0.05, 0.1) is 9.77 Å². The summed E-state index contributed by atoms with van der Waals surface area (Å²) in [5.41, 5.74) is 0.258. The van der Waals surface area contributed by atoms with Gasteiger partial charge in [-0.05, 0) is 34.4 Å². The average molecular weight is 335 g/mol. The predicted octanol–water partition coefficient (Wildman–Crippen LogP) is 2.04. The van der Waals surface area contributed by atoms with E-state index in [1.165, 1.54) is 0 Å². The zero-order chi connectivity index (χ0) is 12.2. The van der Waals surface area contributed by atoms with E-state index in [0.717, 1.165) is 16.5 Å². The van der Waals surface area contributed by atoms with E-state index in [-0.39, 0.29) is 11.3 Å². The lowest BCUT2D eigenvalue weighted by molar-refractivity contribution is -0.121. The number of nitrogens with zero attached hydrogens (tertiary/aromatic N) is 2. The molecular weight excluding hydrogens is 317 g/mol. The smallest absolute Gasteiger partial charge is 0.241 e. The van der Waals surface area contributed by atoms with Crippen LogP contribution in [0.5, 0.6) is 0 Å². The summed E-state index contributed by atoms with van der Waals surface area (Å²) in [6, 6.07) is 0. The summed E-state index contributed by atoms with van der Waals surface area (Å²) in [7, 11) is 0. The zero-order valence-electron chi connectivity index (χ0n) is 9.96. The van der Waals surface area contributed by atoms with Crippen molar-refractivity contribution < 1.29 is 4.79 Å². The van der Waals surface area contributed by atoms with Crippen LogP contribution in [0.25, 0.3) is 0 Å². The number of carbonyl (C=O) groups excluding carboxylic acids is 1. The highest BCUT2D eigenvalue weighted by Gasteiger charge is 2.10. The molecule has 16 heavy (non-hydrogen) atoms. The molecule has 0 saturated carbocycles. The first-order valence-corrected chi connectivity index (χ1v) is 6.39. The lowest BCUT2D eigenvalue weighted by atomic mass is 9.92. The lowest BCUT2D eigenvalue weighted by Gasteiger charge is -2.17. The predicted molar refractivity (Wildman–Crippen MR) is 72.0 cm³/mol. The Labute approximate surface area is 110 Å². The number of amides is 1. The molecule has 1 aromatic rings. The standard InChI is InChI=1S/C11H18IN3O/c1-11(2,3)4-5-13-10(16)8-15-7-9(12)6-14-15/h6-7H,4-5,8H2,1-3H3,(H,13,16). The molecule has 5 heteroatoms. The van der Waals surface area contributed by atoms with Crippen LogP contribution in [0, 0.1) is 8.99 Å². The lowest BCUT2D eigenvalue weighted by Crippen LogP contribution is -2.30. The molecule has 0 aliphatic heterocycles. The summed E-state index contributed by atoms with van der Waals surface area (Å²) in [6.45, 7) is 7.51. The Hall–Kier alpha value is -0.590. The zero-order valence-corrected chi connectivity index (χ0v) is 12.1. The van der Waals surface area contributed by atoms with Crippen molar-refractivity contribution in [2.24, 2.45) is 5.41 Å². The van der Waals surface area contributed by atoms with Gasteiger partial charge in [0.2, 0.25) is 5.91 Å². The van der Waals surface area contributed by atoms with Gasteiger partial charge in [-0.1, -0.05) is 20.8 Å². The van der Waals surface area contributed by atoms with E-state index in [1.54, 1.807) is 10.9 Å². The van der Waals surface area contributed by atoms with Gasteiger partial charge >= 0.3 is 0 Å². The number of halogens is 1. The summed E-state index contributed by atoms with van der Waals surface area (Å²) >= 11 is 2.17. The molecule has 90 valence electrons. The van der Waals surface area contributed by atoms with Gasteiger partial charge in [-0.3, -0.25) is 9.48 Å². The Morgan fingerprint density at radius 2 is 2.25 bits per heavy atom. The fourth-order valence-electron chi connectivity index (χ4n) is 1.20. The Kier molecular flexibility index (Phi) is 4.76. The first-order chi connectivity index (χ1) is 7.37. The molecule has 0 aromatic carbocycles. The minimum absolute atomic E-state index is 0.0174. The summed E-state index contributed by atoms with van der Waals surface area (Å²) in [5, 5.41) is 6.96. The highest BCUT2D eigenvalue weighted by molar-refractivity contribution is 14.1. The van der Waals surface area contributed by atoms with Crippen molar-refractivity contribution in [2.75, 3.05) is 6.54 Å². The number of hydrogen-bond donors (Lipinski definition) is 1. The van der Waals surface area contributed by atoms with Crippen molar-refractivity contribution in [1.29, 1.82) is 0 Å². The van der Waals surface area contributed by atoms with E-state index in [0.29, 0.717) is 6.54 Å². The summed E-state index contributed by atoms with van der Waals surface area (Å²) < 4.78 is 2.69. The highest BCUT2D eigenvalue weighted by Crippen LogP contribution is 2.16. The maximum atomic E-state index is 11.5. The Morgan fingerprint density at radius 1 is 1.56 bits per heavy atom. The monoisotopic (exact) mass is 335 g/mol. The van der Waals surface area contributed by atoms with Crippen LogP contribution >= 0.6 is 22.6 Å². The fourth-order valence-corrected chi connectivity index (χ4v) is 1.65. The molecule has 1 N–H and O–H groups in total. The van der Waals surface area contributed by atoms with Crippen molar-refractivity contribution in [3.8, 4) is 0 Å². The third-order valence-electron chi connectivity index (χ3n) is 2.10. The number of carbonyl (C=O) groups is 1. The van der Waals surface area contributed by atoms with Crippen LogP contribution < -0.4 is 5.32 Å². The molecule has 0 unspecified atom stereocenters. The fraction of sp³-hybridized carbons (Fsp3) is 0.636. The van der Waals surface area contributed by atoms with Gasteiger partial charge in [0.1, 0.15) is 6.54 Å². The molecule has 1 rings (SSSR count). The van der Waals surface area contributed by atoms with E-state index in [2.05, 4.69) is 53.8 Å².